The van der Waals surface area contributed by atoms with Crippen LogP contribution in [0.3, 0.4) is 0 Å². The molecule has 0 unspecified atom stereocenters. The van der Waals surface area contributed by atoms with Gasteiger partial charge in [-0.05, 0) is 81.0 Å². The van der Waals surface area contributed by atoms with Gasteiger partial charge in [-0.3, -0.25) is 13.9 Å². The monoisotopic (exact) mass is 575 g/mol. The smallest absolute Gasteiger partial charge is 0.264 e. The first kappa shape index (κ1) is 30.3. The molecule has 0 saturated heterocycles. The molecule has 0 aliphatic heterocycles. The Balaban J connectivity index is 1.71. The van der Waals surface area contributed by atoms with E-state index in [0.717, 1.165) is 47.9 Å². The van der Waals surface area contributed by atoms with E-state index in [4.69, 9.17) is 0 Å². The van der Waals surface area contributed by atoms with Crippen molar-refractivity contribution in [2.45, 2.75) is 83.3 Å². The van der Waals surface area contributed by atoms with Gasteiger partial charge in [0.2, 0.25) is 11.8 Å². The van der Waals surface area contributed by atoms with Gasteiger partial charge in [0.25, 0.3) is 10.0 Å². The Labute approximate surface area is 244 Å². The molecule has 2 amide bonds. The van der Waals surface area contributed by atoms with E-state index in [0.29, 0.717) is 5.69 Å². The Bertz CT molecular complexity index is 1470. The molecule has 1 aliphatic carbocycles. The summed E-state index contributed by atoms with van der Waals surface area (Å²) in [5, 5.41) is 3.15. The SMILES string of the molecule is Cc1ccccc1CN(C(=O)CN(c1cccc(C)c1C)S(=O)(=O)c1ccccc1)[C@@H](C)C(=O)NC1CCCCC1. The summed E-state index contributed by atoms with van der Waals surface area (Å²) < 4.78 is 29.2. The van der Waals surface area contributed by atoms with Crippen molar-refractivity contribution in [3.63, 3.8) is 0 Å². The van der Waals surface area contributed by atoms with Crippen LogP contribution in [0.25, 0.3) is 0 Å². The summed E-state index contributed by atoms with van der Waals surface area (Å²) in [5.41, 5.74) is 4.03. The molecule has 8 heteroatoms. The summed E-state index contributed by atoms with van der Waals surface area (Å²) in [6.45, 7) is 7.21. The maximum atomic E-state index is 14.2. The molecule has 3 aromatic rings. The largest absolute Gasteiger partial charge is 0.352 e. The molecule has 0 heterocycles. The molecule has 7 nitrogen and oxygen atoms in total. The molecule has 1 saturated carbocycles. The number of anilines is 1. The van der Waals surface area contributed by atoms with Crippen LogP contribution in [-0.2, 0) is 26.2 Å². The molecule has 1 N–H and O–H groups in total. The third-order valence-corrected chi connectivity index (χ3v) is 9.95. The van der Waals surface area contributed by atoms with E-state index in [-0.39, 0.29) is 23.4 Å². The van der Waals surface area contributed by atoms with Gasteiger partial charge in [0.15, 0.2) is 0 Å². The van der Waals surface area contributed by atoms with Crippen LogP contribution in [0.15, 0.2) is 77.7 Å². The predicted octanol–water partition coefficient (Wildman–Crippen LogP) is 5.67. The minimum absolute atomic E-state index is 0.0963. The van der Waals surface area contributed by atoms with Gasteiger partial charge >= 0.3 is 0 Å². The molecule has 1 fully saturated rings. The topological polar surface area (TPSA) is 86.8 Å². The van der Waals surface area contributed by atoms with Crippen LogP contribution in [-0.4, -0.2) is 43.8 Å². The molecule has 0 spiro atoms. The summed E-state index contributed by atoms with van der Waals surface area (Å²) in [5.74, 6) is -0.664. The number of hydrogen-bond donors (Lipinski definition) is 1. The fourth-order valence-electron chi connectivity index (χ4n) is 5.36. The first-order valence-corrected chi connectivity index (χ1v) is 15.8. The highest BCUT2D eigenvalue weighted by molar-refractivity contribution is 7.92. The first-order valence-electron chi connectivity index (χ1n) is 14.4. The van der Waals surface area contributed by atoms with Crippen molar-refractivity contribution < 1.29 is 18.0 Å². The number of carbonyl (C=O) groups excluding carboxylic acids is 2. The summed E-state index contributed by atoms with van der Waals surface area (Å²) in [4.78, 5) is 29.3. The van der Waals surface area contributed by atoms with Gasteiger partial charge in [-0.1, -0.05) is 73.9 Å². The number of rotatable bonds is 10. The van der Waals surface area contributed by atoms with Crippen molar-refractivity contribution in [3.05, 3.63) is 95.1 Å². The number of aryl methyl sites for hydroxylation is 2. The molecule has 41 heavy (non-hydrogen) atoms. The predicted molar refractivity (Wildman–Crippen MR) is 163 cm³/mol. The molecule has 1 aliphatic rings. The van der Waals surface area contributed by atoms with Crippen LogP contribution >= 0.6 is 0 Å². The average Bonchev–Trinajstić information content (AvgIpc) is 2.97. The van der Waals surface area contributed by atoms with E-state index in [9.17, 15) is 18.0 Å². The Kier molecular flexibility index (Phi) is 9.86. The number of benzene rings is 3. The van der Waals surface area contributed by atoms with Crippen LogP contribution < -0.4 is 9.62 Å². The zero-order chi connectivity index (χ0) is 29.6. The van der Waals surface area contributed by atoms with Crippen LogP contribution in [0.5, 0.6) is 0 Å². The summed E-state index contributed by atoms with van der Waals surface area (Å²) >= 11 is 0. The number of carbonyl (C=O) groups is 2. The highest BCUT2D eigenvalue weighted by atomic mass is 32.2. The van der Waals surface area contributed by atoms with Crippen molar-refractivity contribution in [1.82, 2.24) is 10.2 Å². The second-order valence-electron chi connectivity index (χ2n) is 11.0. The fourth-order valence-corrected chi connectivity index (χ4v) is 6.85. The van der Waals surface area contributed by atoms with Gasteiger partial charge in [-0.25, -0.2) is 8.42 Å². The lowest BCUT2D eigenvalue weighted by Crippen LogP contribution is -2.53. The van der Waals surface area contributed by atoms with Crippen LogP contribution in [0, 0.1) is 20.8 Å². The molecule has 0 radical (unpaired) electrons. The van der Waals surface area contributed by atoms with E-state index in [1.54, 1.807) is 37.3 Å². The highest BCUT2D eigenvalue weighted by Crippen LogP contribution is 2.29. The molecule has 0 bridgehead atoms. The number of nitrogens with zero attached hydrogens (tertiary/aromatic N) is 2. The average molecular weight is 576 g/mol. The quantitative estimate of drug-likeness (QED) is 0.337. The minimum atomic E-state index is -4.09. The molecular formula is C33H41N3O4S. The lowest BCUT2D eigenvalue weighted by molar-refractivity contribution is -0.139. The van der Waals surface area contributed by atoms with Crippen molar-refractivity contribution in [1.29, 1.82) is 0 Å². The molecule has 218 valence electrons. The zero-order valence-corrected chi connectivity index (χ0v) is 25.3. The van der Waals surface area contributed by atoms with Gasteiger partial charge in [0, 0.05) is 12.6 Å². The third-order valence-electron chi connectivity index (χ3n) is 8.18. The maximum absolute atomic E-state index is 14.2. The van der Waals surface area contributed by atoms with Gasteiger partial charge in [-0.15, -0.1) is 0 Å². The lowest BCUT2D eigenvalue weighted by atomic mass is 9.95. The molecular weight excluding hydrogens is 534 g/mol. The lowest BCUT2D eigenvalue weighted by Gasteiger charge is -2.34. The first-order chi connectivity index (χ1) is 19.6. The third kappa shape index (κ3) is 7.17. The van der Waals surface area contributed by atoms with Crippen molar-refractivity contribution >= 4 is 27.5 Å². The normalized spacial score (nSPS) is 14.7. The van der Waals surface area contributed by atoms with Crippen LogP contribution in [0.4, 0.5) is 5.69 Å². The van der Waals surface area contributed by atoms with Gasteiger partial charge in [0.1, 0.15) is 12.6 Å². The van der Waals surface area contributed by atoms with E-state index in [1.807, 2.05) is 51.1 Å². The van der Waals surface area contributed by atoms with E-state index in [2.05, 4.69) is 5.32 Å². The van der Waals surface area contributed by atoms with Crippen LogP contribution in [0.2, 0.25) is 0 Å². The number of sulfonamides is 1. The highest BCUT2D eigenvalue weighted by Gasteiger charge is 2.34. The van der Waals surface area contributed by atoms with Gasteiger partial charge in [-0.2, -0.15) is 0 Å². The number of hydrogen-bond acceptors (Lipinski definition) is 4. The van der Waals surface area contributed by atoms with Crippen LogP contribution in [0.1, 0.15) is 61.3 Å². The Morgan fingerprint density at radius 1 is 0.854 bits per heavy atom. The Hall–Kier alpha value is -3.65. The number of amides is 2. The molecule has 4 rings (SSSR count). The summed E-state index contributed by atoms with van der Waals surface area (Å²) in [6.07, 6.45) is 5.18. The second kappa shape index (κ2) is 13.3. The van der Waals surface area contributed by atoms with Gasteiger partial charge in [0.05, 0.1) is 10.6 Å². The Morgan fingerprint density at radius 3 is 2.17 bits per heavy atom. The van der Waals surface area contributed by atoms with E-state index < -0.39 is 28.5 Å². The Morgan fingerprint density at radius 2 is 1.49 bits per heavy atom. The van der Waals surface area contributed by atoms with Crippen molar-refractivity contribution in [2.75, 3.05) is 10.8 Å². The zero-order valence-electron chi connectivity index (χ0n) is 24.5. The minimum Gasteiger partial charge on any atom is -0.352 e. The summed E-state index contributed by atoms with van der Waals surface area (Å²) in [6, 6.07) is 20.6. The van der Waals surface area contributed by atoms with E-state index in [1.165, 1.54) is 27.8 Å². The van der Waals surface area contributed by atoms with Crippen molar-refractivity contribution in [3.8, 4) is 0 Å². The summed E-state index contributed by atoms with van der Waals surface area (Å²) in [7, 11) is -4.09. The fraction of sp³-hybridized carbons (Fsp3) is 0.394. The van der Waals surface area contributed by atoms with Crippen molar-refractivity contribution in [2.24, 2.45) is 0 Å². The number of nitrogens with one attached hydrogen (secondary N) is 1. The standard InChI is InChI=1S/C33H41N3O4S/c1-24-15-13-21-31(26(24)3)36(41(39,40)30-19-9-6-10-20-30)23-32(37)35(22-28-16-12-11-14-25(28)2)27(4)33(38)34-29-17-7-5-8-18-29/h6,9-16,19-21,27,29H,5,7-8,17-18,22-23H2,1-4H3,(H,34,38)/t27-/m0/s1. The molecule has 3 aromatic carbocycles. The second-order valence-corrected chi connectivity index (χ2v) is 12.9. The van der Waals surface area contributed by atoms with Gasteiger partial charge < -0.3 is 10.2 Å². The molecule has 1 atom stereocenters. The van der Waals surface area contributed by atoms with E-state index >= 15 is 0 Å². The maximum Gasteiger partial charge on any atom is 0.264 e. The molecule has 0 aromatic heterocycles.